The molecule has 0 spiro atoms. The van der Waals surface area contributed by atoms with E-state index in [2.05, 4.69) is 5.32 Å². The zero-order valence-electron chi connectivity index (χ0n) is 16.7. The number of hydrogen-bond acceptors (Lipinski definition) is 5. The molecular weight excluding hydrogens is 382 g/mol. The fourth-order valence-corrected chi connectivity index (χ4v) is 2.72. The molecule has 3 aromatic carbocycles. The van der Waals surface area contributed by atoms with Crippen LogP contribution in [0.25, 0.3) is 0 Å². The lowest BCUT2D eigenvalue weighted by molar-refractivity contribution is -0.124. The number of rotatable bonds is 9. The van der Waals surface area contributed by atoms with Crippen LogP contribution in [0.1, 0.15) is 15.9 Å². The first kappa shape index (κ1) is 20.9. The highest BCUT2D eigenvalue weighted by atomic mass is 16.5. The van der Waals surface area contributed by atoms with E-state index in [0.717, 1.165) is 11.3 Å². The van der Waals surface area contributed by atoms with Crippen molar-refractivity contribution in [1.29, 1.82) is 0 Å². The van der Waals surface area contributed by atoms with E-state index in [1.165, 1.54) is 0 Å². The SMILES string of the molecule is COc1ccc(CCNC(=O)COC(=O)c2cccc(Oc3ccccc3)c2)cc1. The van der Waals surface area contributed by atoms with Crippen LogP contribution in [0.4, 0.5) is 0 Å². The van der Waals surface area contributed by atoms with Gasteiger partial charge < -0.3 is 19.5 Å². The van der Waals surface area contributed by atoms with Gasteiger partial charge in [0.1, 0.15) is 17.2 Å². The fourth-order valence-electron chi connectivity index (χ4n) is 2.72. The summed E-state index contributed by atoms with van der Waals surface area (Å²) < 4.78 is 15.9. The summed E-state index contributed by atoms with van der Waals surface area (Å²) in [6.45, 7) is 0.105. The number of methoxy groups -OCH3 is 1. The van der Waals surface area contributed by atoms with E-state index in [9.17, 15) is 9.59 Å². The number of para-hydroxylation sites is 1. The highest BCUT2D eigenvalue weighted by Gasteiger charge is 2.11. The molecule has 0 aromatic heterocycles. The van der Waals surface area contributed by atoms with Crippen molar-refractivity contribution in [3.05, 3.63) is 90.0 Å². The predicted octanol–water partition coefficient (Wildman–Crippen LogP) is 4.00. The van der Waals surface area contributed by atoms with Crippen LogP contribution in [0.2, 0.25) is 0 Å². The normalized spacial score (nSPS) is 10.2. The van der Waals surface area contributed by atoms with Gasteiger partial charge in [-0.2, -0.15) is 0 Å². The van der Waals surface area contributed by atoms with Gasteiger partial charge in [-0.1, -0.05) is 36.4 Å². The number of carbonyl (C=O) groups is 2. The molecule has 3 aromatic rings. The molecule has 6 nitrogen and oxygen atoms in total. The summed E-state index contributed by atoms with van der Waals surface area (Å²) in [5.41, 5.74) is 1.39. The van der Waals surface area contributed by atoms with E-state index < -0.39 is 5.97 Å². The molecule has 0 bridgehead atoms. The topological polar surface area (TPSA) is 73.9 Å². The van der Waals surface area contributed by atoms with Crippen LogP contribution >= 0.6 is 0 Å². The third kappa shape index (κ3) is 6.38. The van der Waals surface area contributed by atoms with Crippen LogP contribution in [-0.2, 0) is 16.0 Å². The van der Waals surface area contributed by atoms with Gasteiger partial charge in [0.25, 0.3) is 5.91 Å². The molecule has 0 saturated heterocycles. The second-order valence-electron chi connectivity index (χ2n) is 6.47. The zero-order chi connectivity index (χ0) is 21.2. The van der Waals surface area contributed by atoms with Crippen molar-refractivity contribution < 1.29 is 23.8 Å². The second kappa shape index (κ2) is 10.7. The molecule has 0 aliphatic rings. The van der Waals surface area contributed by atoms with E-state index in [1.807, 2.05) is 54.6 Å². The Kier molecular flexibility index (Phi) is 7.44. The Bertz CT molecular complexity index is 970. The van der Waals surface area contributed by atoms with E-state index in [4.69, 9.17) is 14.2 Å². The molecule has 0 aliphatic heterocycles. The molecule has 30 heavy (non-hydrogen) atoms. The lowest BCUT2D eigenvalue weighted by Gasteiger charge is -2.09. The molecule has 3 rings (SSSR count). The predicted molar refractivity (Wildman–Crippen MR) is 113 cm³/mol. The van der Waals surface area contributed by atoms with E-state index in [0.29, 0.717) is 30.0 Å². The number of benzene rings is 3. The van der Waals surface area contributed by atoms with Crippen molar-refractivity contribution in [2.24, 2.45) is 0 Å². The average molecular weight is 405 g/mol. The molecular formula is C24H23NO5. The van der Waals surface area contributed by atoms with Gasteiger partial charge in [-0.05, 0) is 54.4 Å². The summed E-state index contributed by atoms with van der Waals surface area (Å²) in [4.78, 5) is 24.2. The van der Waals surface area contributed by atoms with E-state index in [1.54, 1.807) is 31.4 Å². The second-order valence-corrected chi connectivity index (χ2v) is 6.47. The number of amides is 1. The molecule has 0 heterocycles. The summed E-state index contributed by atoms with van der Waals surface area (Å²) in [6, 6.07) is 23.5. The molecule has 1 N–H and O–H groups in total. The largest absolute Gasteiger partial charge is 0.497 e. The molecule has 6 heteroatoms. The summed E-state index contributed by atoms with van der Waals surface area (Å²) in [5, 5.41) is 2.74. The Morgan fingerprint density at radius 2 is 1.57 bits per heavy atom. The lowest BCUT2D eigenvalue weighted by atomic mass is 10.1. The van der Waals surface area contributed by atoms with Gasteiger partial charge >= 0.3 is 5.97 Å². The Labute approximate surface area is 175 Å². The molecule has 1 amide bonds. The zero-order valence-corrected chi connectivity index (χ0v) is 16.7. The van der Waals surface area contributed by atoms with Crippen molar-refractivity contribution >= 4 is 11.9 Å². The summed E-state index contributed by atoms with van der Waals surface area (Å²) in [5.74, 6) is 1.03. The molecule has 154 valence electrons. The third-order valence-corrected chi connectivity index (χ3v) is 4.28. The number of carbonyl (C=O) groups excluding carboxylic acids is 2. The smallest absolute Gasteiger partial charge is 0.338 e. The Morgan fingerprint density at radius 1 is 0.833 bits per heavy atom. The molecule has 0 aliphatic carbocycles. The lowest BCUT2D eigenvalue weighted by Crippen LogP contribution is -2.30. The van der Waals surface area contributed by atoms with Crippen LogP contribution in [0.5, 0.6) is 17.2 Å². The van der Waals surface area contributed by atoms with Gasteiger partial charge in [-0.25, -0.2) is 4.79 Å². The summed E-state index contributed by atoms with van der Waals surface area (Å²) in [6.07, 6.45) is 0.669. The van der Waals surface area contributed by atoms with Crippen LogP contribution in [0.15, 0.2) is 78.9 Å². The number of esters is 1. The van der Waals surface area contributed by atoms with Gasteiger partial charge in [0.05, 0.1) is 12.7 Å². The van der Waals surface area contributed by atoms with Crippen molar-refractivity contribution in [2.45, 2.75) is 6.42 Å². The number of hydrogen-bond donors (Lipinski definition) is 1. The fraction of sp³-hybridized carbons (Fsp3) is 0.167. The quantitative estimate of drug-likeness (QED) is 0.545. The van der Waals surface area contributed by atoms with Crippen molar-refractivity contribution in [3.8, 4) is 17.2 Å². The molecule has 0 atom stereocenters. The maximum absolute atomic E-state index is 12.2. The molecule has 0 saturated carbocycles. The minimum Gasteiger partial charge on any atom is -0.497 e. The average Bonchev–Trinajstić information content (AvgIpc) is 2.79. The van der Waals surface area contributed by atoms with E-state index >= 15 is 0 Å². The Hall–Kier alpha value is -3.80. The van der Waals surface area contributed by atoms with Gasteiger partial charge in [0, 0.05) is 6.54 Å². The molecule has 0 unspecified atom stereocenters. The van der Waals surface area contributed by atoms with Crippen LogP contribution in [0.3, 0.4) is 0 Å². The van der Waals surface area contributed by atoms with Crippen LogP contribution < -0.4 is 14.8 Å². The van der Waals surface area contributed by atoms with Crippen molar-refractivity contribution in [3.63, 3.8) is 0 Å². The minimum atomic E-state index is -0.584. The third-order valence-electron chi connectivity index (χ3n) is 4.28. The first-order valence-corrected chi connectivity index (χ1v) is 9.54. The van der Waals surface area contributed by atoms with Gasteiger partial charge in [-0.15, -0.1) is 0 Å². The Balaban J connectivity index is 1.43. The van der Waals surface area contributed by atoms with Gasteiger partial charge in [-0.3, -0.25) is 4.79 Å². The van der Waals surface area contributed by atoms with Gasteiger partial charge in [0.15, 0.2) is 6.61 Å². The van der Waals surface area contributed by atoms with Gasteiger partial charge in [0.2, 0.25) is 0 Å². The molecule has 0 fully saturated rings. The standard InChI is InChI=1S/C24H23NO5/c1-28-20-12-10-18(11-13-20)14-15-25-23(26)17-29-24(27)19-6-5-9-22(16-19)30-21-7-3-2-4-8-21/h2-13,16H,14-15,17H2,1H3,(H,25,26). The first-order chi connectivity index (χ1) is 14.6. The highest BCUT2D eigenvalue weighted by molar-refractivity contribution is 5.91. The van der Waals surface area contributed by atoms with Crippen LogP contribution in [-0.4, -0.2) is 32.1 Å². The maximum atomic E-state index is 12.2. The summed E-state index contributed by atoms with van der Waals surface area (Å²) >= 11 is 0. The number of nitrogens with one attached hydrogen (secondary N) is 1. The van der Waals surface area contributed by atoms with Crippen LogP contribution in [0, 0.1) is 0 Å². The maximum Gasteiger partial charge on any atom is 0.338 e. The van der Waals surface area contributed by atoms with Crippen molar-refractivity contribution in [1.82, 2.24) is 5.32 Å². The first-order valence-electron chi connectivity index (χ1n) is 9.54. The Morgan fingerprint density at radius 3 is 2.30 bits per heavy atom. The van der Waals surface area contributed by atoms with Crippen molar-refractivity contribution in [2.75, 3.05) is 20.3 Å². The minimum absolute atomic E-state index is 0.314. The highest BCUT2D eigenvalue weighted by Crippen LogP contribution is 2.22. The van der Waals surface area contributed by atoms with E-state index in [-0.39, 0.29) is 12.5 Å². The monoisotopic (exact) mass is 405 g/mol. The number of ether oxygens (including phenoxy) is 3. The molecule has 0 radical (unpaired) electrons. The summed E-state index contributed by atoms with van der Waals surface area (Å²) in [7, 11) is 1.61.